The molecular formula is C19H18ClN3O3. The van der Waals surface area contributed by atoms with Gasteiger partial charge < -0.3 is 10.6 Å². The molecule has 1 fully saturated rings. The summed E-state index contributed by atoms with van der Waals surface area (Å²) in [6.45, 7) is 1.55. The number of hydrogen-bond donors (Lipinski definition) is 2. The molecule has 3 rings (SSSR count). The first-order valence-electron chi connectivity index (χ1n) is 8.11. The van der Waals surface area contributed by atoms with Gasteiger partial charge in [-0.1, -0.05) is 54.1 Å². The van der Waals surface area contributed by atoms with Crippen molar-refractivity contribution in [1.29, 1.82) is 0 Å². The third kappa shape index (κ3) is 3.55. The maximum absolute atomic E-state index is 12.7. The van der Waals surface area contributed by atoms with Crippen LogP contribution in [-0.4, -0.2) is 29.3 Å². The topological polar surface area (TPSA) is 78.5 Å². The van der Waals surface area contributed by atoms with Crippen molar-refractivity contribution < 1.29 is 14.4 Å². The van der Waals surface area contributed by atoms with Gasteiger partial charge in [-0.25, -0.2) is 4.79 Å². The molecule has 0 radical (unpaired) electrons. The van der Waals surface area contributed by atoms with Crippen LogP contribution in [0.4, 0.5) is 4.79 Å². The normalized spacial score (nSPS) is 19.4. The van der Waals surface area contributed by atoms with Gasteiger partial charge in [-0.3, -0.25) is 14.5 Å². The second kappa shape index (κ2) is 7.17. The van der Waals surface area contributed by atoms with Crippen LogP contribution in [0.2, 0.25) is 5.02 Å². The van der Waals surface area contributed by atoms with E-state index in [0.717, 1.165) is 10.5 Å². The fourth-order valence-electron chi connectivity index (χ4n) is 2.85. The Morgan fingerprint density at radius 2 is 1.88 bits per heavy atom. The van der Waals surface area contributed by atoms with E-state index in [4.69, 9.17) is 11.6 Å². The third-order valence-corrected chi connectivity index (χ3v) is 4.54. The lowest BCUT2D eigenvalue weighted by Crippen LogP contribution is -2.43. The van der Waals surface area contributed by atoms with Crippen molar-refractivity contribution >= 4 is 29.4 Å². The summed E-state index contributed by atoms with van der Waals surface area (Å²) in [4.78, 5) is 38.1. The maximum atomic E-state index is 12.7. The van der Waals surface area contributed by atoms with E-state index < -0.39 is 23.4 Å². The van der Waals surface area contributed by atoms with Crippen LogP contribution in [0.25, 0.3) is 0 Å². The number of hydrogen-bond acceptors (Lipinski definition) is 3. The first-order chi connectivity index (χ1) is 12.4. The van der Waals surface area contributed by atoms with Crippen molar-refractivity contribution in [3.63, 3.8) is 0 Å². The molecule has 0 aromatic heterocycles. The third-order valence-electron chi connectivity index (χ3n) is 4.31. The molecule has 6 nitrogen and oxygen atoms in total. The highest BCUT2D eigenvalue weighted by molar-refractivity contribution is 6.30. The molecule has 0 bridgehead atoms. The SMILES string of the molecule is C[C@]1(c2ccccc2)NC(=O)N(CC(=O)NCc2cccc(Cl)c2)C1=O. The molecule has 7 heteroatoms. The number of benzene rings is 2. The molecule has 134 valence electrons. The molecule has 4 amide bonds. The number of rotatable bonds is 5. The summed E-state index contributed by atoms with van der Waals surface area (Å²) in [5.74, 6) is -0.877. The first-order valence-corrected chi connectivity index (χ1v) is 8.49. The quantitative estimate of drug-likeness (QED) is 0.792. The molecule has 1 atom stereocenters. The lowest BCUT2D eigenvalue weighted by molar-refractivity contribution is -0.134. The van der Waals surface area contributed by atoms with Crippen molar-refractivity contribution in [2.24, 2.45) is 0 Å². The van der Waals surface area contributed by atoms with Crippen LogP contribution in [-0.2, 0) is 21.7 Å². The molecule has 0 unspecified atom stereocenters. The number of nitrogens with one attached hydrogen (secondary N) is 2. The average molecular weight is 372 g/mol. The van der Waals surface area contributed by atoms with Crippen LogP contribution >= 0.6 is 11.6 Å². The first kappa shape index (κ1) is 17.9. The summed E-state index contributed by atoms with van der Waals surface area (Å²) in [5.41, 5.74) is 0.323. The Labute approximate surface area is 156 Å². The highest BCUT2D eigenvalue weighted by Crippen LogP contribution is 2.28. The minimum atomic E-state index is -1.18. The number of halogens is 1. The fraction of sp³-hybridized carbons (Fsp3) is 0.211. The van der Waals surface area contributed by atoms with Gasteiger partial charge in [0.15, 0.2) is 0 Å². The van der Waals surface area contributed by atoms with Gasteiger partial charge in [-0.15, -0.1) is 0 Å². The highest BCUT2D eigenvalue weighted by Gasteiger charge is 2.49. The number of amides is 4. The number of imide groups is 1. The van der Waals surface area contributed by atoms with Gasteiger partial charge in [0.1, 0.15) is 12.1 Å². The average Bonchev–Trinajstić information content (AvgIpc) is 2.85. The maximum Gasteiger partial charge on any atom is 0.325 e. The zero-order valence-corrected chi connectivity index (χ0v) is 14.9. The van der Waals surface area contributed by atoms with Crippen molar-refractivity contribution in [3.05, 3.63) is 70.7 Å². The van der Waals surface area contributed by atoms with Crippen molar-refractivity contribution in [1.82, 2.24) is 15.5 Å². The highest BCUT2D eigenvalue weighted by atomic mass is 35.5. The summed E-state index contributed by atoms with van der Waals surface area (Å²) in [7, 11) is 0. The summed E-state index contributed by atoms with van der Waals surface area (Å²) in [6, 6.07) is 15.4. The summed E-state index contributed by atoms with van der Waals surface area (Å²) < 4.78 is 0. The fourth-order valence-corrected chi connectivity index (χ4v) is 3.07. The minimum Gasteiger partial charge on any atom is -0.350 e. The van der Waals surface area contributed by atoms with Crippen LogP contribution in [0.15, 0.2) is 54.6 Å². The van der Waals surface area contributed by atoms with Gasteiger partial charge >= 0.3 is 6.03 Å². The summed E-state index contributed by atoms with van der Waals surface area (Å²) in [5, 5.41) is 5.94. The smallest absolute Gasteiger partial charge is 0.325 e. The molecule has 1 aliphatic heterocycles. The Morgan fingerprint density at radius 3 is 2.58 bits per heavy atom. The summed E-state index contributed by atoms with van der Waals surface area (Å²) >= 11 is 5.91. The molecule has 2 aromatic rings. The Kier molecular flexibility index (Phi) is 4.95. The molecule has 1 aliphatic rings. The van der Waals surface area contributed by atoms with Gasteiger partial charge in [0.2, 0.25) is 5.91 Å². The predicted molar refractivity (Wildman–Crippen MR) is 97.3 cm³/mol. The molecule has 1 heterocycles. The Bertz CT molecular complexity index is 856. The Balaban J connectivity index is 1.65. The largest absolute Gasteiger partial charge is 0.350 e. The Morgan fingerprint density at radius 1 is 1.15 bits per heavy atom. The van der Waals surface area contributed by atoms with Gasteiger partial charge in [-0.05, 0) is 30.2 Å². The van der Waals surface area contributed by atoms with Crippen LogP contribution < -0.4 is 10.6 Å². The number of nitrogens with zero attached hydrogens (tertiary/aromatic N) is 1. The van der Waals surface area contributed by atoms with Gasteiger partial charge in [-0.2, -0.15) is 0 Å². The molecule has 2 N–H and O–H groups in total. The second-order valence-electron chi connectivity index (χ2n) is 6.22. The number of carbonyl (C=O) groups is 3. The van der Waals surface area contributed by atoms with Crippen molar-refractivity contribution in [2.45, 2.75) is 19.0 Å². The lowest BCUT2D eigenvalue weighted by Gasteiger charge is -2.22. The van der Waals surface area contributed by atoms with Crippen molar-refractivity contribution in [3.8, 4) is 0 Å². The van der Waals surface area contributed by atoms with E-state index in [1.807, 2.05) is 12.1 Å². The molecule has 0 saturated carbocycles. The van der Waals surface area contributed by atoms with Crippen LogP contribution in [0, 0.1) is 0 Å². The molecule has 2 aromatic carbocycles. The molecule has 0 aliphatic carbocycles. The van der Waals surface area contributed by atoms with Crippen LogP contribution in [0.5, 0.6) is 0 Å². The van der Waals surface area contributed by atoms with E-state index in [0.29, 0.717) is 10.6 Å². The number of carbonyl (C=O) groups excluding carboxylic acids is 3. The van der Waals surface area contributed by atoms with Gasteiger partial charge in [0.25, 0.3) is 5.91 Å². The molecule has 26 heavy (non-hydrogen) atoms. The van der Waals surface area contributed by atoms with E-state index in [9.17, 15) is 14.4 Å². The summed E-state index contributed by atoms with van der Waals surface area (Å²) in [6.07, 6.45) is 0. The van der Waals surface area contributed by atoms with E-state index in [-0.39, 0.29) is 13.1 Å². The van der Waals surface area contributed by atoms with Crippen molar-refractivity contribution in [2.75, 3.05) is 6.54 Å². The van der Waals surface area contributed by atoms with Gasteiger partial charge in [0.05, 0.1) is 0 Å². The number of urea groups is 1. The van der Waals surface area contributed by atoms with E-state index >= 15 is 0 Å². The Hall–Kier alpha value is -2.86. The van der Waals surface area contributed by atoms with E-state index in [2.05, 4.69) is 10.6 Å². The van der Waals surface area contributed by atoms with Crippen LogP contribution in [0.3, 0.4) is 0 Å². The van der Waals surface area contributed by atoms with Crippen LogP contribution in [0.1, 0.15) is 18.1 Å². The molecule has 1 saturated heterocycles. The van der Waals surface area contributed by atoms with Gasteiger partial charge in [0, 0.05) is 11.6 Å². The predicted octanol–water partition coefficient (Wildman–Crippen LogP) is 2.42. The van der Waals surface area contributed by atoms with E-state index in [1.165, 1.54) is 0 Å². The van der Waals surface area contributed by atoms with E-state index in [1.54, 1.807) is 49.4 Å². The molecule has 0 spiro atoms. The zero-order valence-electron chi connectivity index (χ0n) is 14.2. The lowest BCUT2D eigenvalue weighted by atomic mass is 9.92. The zero-order chi connectivity index (χ0) is 18.7. The minimum absolute atomic E-state index is 0.263. The monoisotopic (exact) mass is 371 g/mol. The second-order valence-corrected chi connectivity index (χ2v) is 6.66. The standard InChI is InChI=1S/C19H18ClN3O3/c1-19(14-7-3-2-4-8-14)17(25)23(18(26)22-19)12-16(24)21-11-13-6-5-9-15(20)10-13/h2-10H,11-12H2,1H3,(H,21,24)(H,22,26)/t19-/m1/s1. The molecular weight excluding hydrogens is 354 g/mol.